The predicted molar refractivity (Wildman–Crippen MR) is 148 cm³/mol. The Morgan fingerprint density at radius 3 is 2.83 bits per heavy atom. The van der Waals surface area contributed by atoms with E-state index in [1.54, 1.807) is 11.0 Å². The summed E-state index contributed by atoms with van der Waals surface area (Å²) < 4.78 is 13.9. The molecule has 2 fully saturated rings. The van der Waals surface area contributed by atoms with Gasteiger partial charge in [-0.15, -0.1) is 0 Å². The van der Waals surface area contributed by atoms with Gasteiger partial charge in [-0.3, -0.25) is 9.69 Å². The summed E-state index contributed by atoms with van der Waals surface area (Å²) in [5.41, 5.74) is 4.50. The Morgan fingerprint density at radius 1 is 1.28 bits per heavy atom. The van der Waals surface area contributed by atoms with Gasteiger partial charge in [0.05, 0.1) is 23.2 Å². The van der Waals surface area contributed by atoms with E-state index in [0.717, 1.165) is 53.3 Å². The first-order valence-corrected chi connectivity index (χ1v) is 13.1. The molecule has 2 aliphatic heterocycles. The van der Waals surface area contributed by atoms with E-state index in [-0.39, 0.29) is 12.0 Å². The van der Waals surface area contributed by atoms with E-state index in [4.69, 9.17) is 26.8 Å². The van der Waals surface area contributed by atoms with Gasteiger partial charge in [0.2, 0.25) is 0 Å². The highest BCUT2D eigenvalue weighted by atomic mass is 32.2. The molecule has 3 aromatic rings. The van der Waals surface area contributed by atoms with Crippen molar-refractivity contribution in [1.82, 2.24) is 14.7 Å². The molecular weight excluding hydrogens is 490 g/mol. The average Bonchev–Trinajstić information content (AvgIpc) is 3.61. The fraction of sp³-hybridized carbons (Fsp3) is 0.250. The van der Waals surface area contributed by atoms with E-state index in [2.05, 4.69) is 12.6 Å². The number of hydrogen-bond donors (Lipinski definition) is 0. The Morgan fingerprint density at radius 2 is 2.11 bits per heavy atom. The lowest BCUT2D eigenvalue weighted by Gasteiger charge is -2.18. The summed E-state index contributed by atoms with van der Waals surface area (Å²) in [6, 6.07) is 15.9. The topological polar surface area (TPSA) is 56.6 Å². The van der Waals surface area contributed by atoms with Gasteiger partial charge in [-0.25, -0.2) is 4.68 Å². The third-order valence-electron chi connectivity index (χ3n) is 6.14. The summed E-state index contributed by atoms with van der Waals surface area (Å²) in [6.07, 6.45) is 7.60. The van der Waals surface area contributed by atoms with Crippen LogP contribution in [0.4, 0.5) is 0 Å². The van der Waals surface area contributed by atoms with Gasteiger partial charge in [0.25, 0.3) is 5.91 Å². The normalized spacial score (nSPS) is 18.9. The average molecular weight is 518 g/mol. The minimum Gasteiger partial charge on any atom is -0.489 e. The summed E-state index contributed by atoms with van der Waals surface area (Å²) >= 11 is 6.88. The molecule has 0 unspecified atom stereocenters. The van der Waals surface area contributed by atoms with Gasteiger partial charge in [-0.2, -0.15) is 5.10 Å². The molecule has 0 bridgehead atoms. The molecule has 1 atom stereocenters. The van der Waals surface area contributed by atoms with Crippen molar-refractivity contribution in [1.29, 1.82) is 0 Å². The first kappa shape index (κ1) is 24.5. The second-order valence-corrected chi connectivity index (χ2v) is 10.4. The van der Waals surface area contributed by atoms with E-state index in [1.807, 2.05) is 66.3 Å². The summed E-state index contributed by atoms with van der Waals surface area (Å²) in [4.78, 5) is 15.5. The minimum absolute atomic E-state index is 0.0491. The zero-order chi connectivity index (χ0) is 25.1. The number of ether oxygens (including phenoxy) is 2. The molecule has 0 aliphatic carbocycles. The SMILES string of the molecule is C=CCOc1ccc(-c2nn(-c3ccccc3)cc2/C=C2\SC(=S)N(C[C@@H]3CCCO3)C2=O)cc1C. The molecule has 2 saturated heterocycles. The Bertz CT molecular complexity index is 1330. The van der Waals surface area contributed by atoms with Gasteiger partial charge in [0.15, 0.2) is 0 Å². The summed E-state index contributed by atoms with van der Waals surface area (Å²) in [6.45, 7) is 7.41. The second kappa shape index (κ2) is 10.8. The predicted octanol–water partition coefficient (Wildman–Crippen LogP) is 5.79. The molecule has 0 spiro atoms. The van der Waals surface area contributed by atoms with Crippen LogP contribution in [0.15, 0.2) is 72.3 Å². The van der Waals surface area contributed by atoms with Crippen LogP contribution in [-0.2, 0) is 9.53 Å². The molecule has 36 heavy (non-hydrogen) atoms. The number of amides is 1. The number of rotatable bonds is 8. The van der Waals surface area contributed by atoms with Gasteiger partial charge in [-0.1, -0.05) is 54.8 Å². The quantitative estimate of drug-likeness (QED) is 0.214. The second-order valence-electron chi connectivity index (χ2n) is 8.72. The molecule has 0 saturated carbocycles. The number of carbonyl (C=O) groups is 1. The fourth-order valence-corrected chi connectivity index (χ4v) is 5.59. The van der Waals surface area contributed by atoms with Crippen molar-refractivity contribution in [2.75, 3.05) is 19.8 Å². The number of thiocarbonyl (C=S) groups is 1. The maximum Gasteiger partial charge on any atom is 0.266 e. The van der Waals surface area contributed by atoms with Crippen LogP contribution >= 0.6 is 24.0 Å². The molecule has 8 heteroatoms. The first-order valence-electron chi connectivity index (χ1n) is 11.9. The highest BCUT2D eigenvalue weighted by Crippen LogP contribution is 2.36. The standard InChI is InChI=1S/C28H27N3O3S2/c1-3-13-34-24-12-11-20(15-19(24)2)26-21(17-31(29-26)22-8-5-4-6-9-22)16-25-27(32)30(28(35)36-25)18-23-10-7-14-33-23/h3-6,8-9,11-12,15-17,23H,1,7,10,13-14,18H2,2H3/b25-16-/t23-/m0/s1. The van der Waals surface area contributed by atoms with Crippen LogP contribution in [0.2, 0.25) is 0 Å². The van der Waals surface area contributed by atoms with Crippen LogP contribution in [0, 0.1) is 6.92 Å². The molecular formula is C28H27N3O3S2. The Hall–Kier alpha value is -3.20. The lowest BCUT2D eigenvalue weighted by molar-refractivity contribution is -0.123. The Labute approximate surface area is 220 Å². The smallest absolute Gasteiger partial charge is 0.266 e. The van der Waals surface area contributed by atoms with Crippen molar-refractivity contribution in [3.05, 3.63) is 83.4 Å². The highest BCUT2D eigenvalue weighted by molar-refractivity contribution is 8.26. The van der Waals surface area contributed by atoms with Crippen LogP contribution in [0.5, 0.6) is 5.75 Å². The van der Waals surface area contributed by atoms with E-state index < -0.39 is 0 Å². The maximum absolute atomic E-state index is 13.3. The lowest BCUT2D eigenvalue weighted by Crippen LogP contribution is -2.35. The van der Waals surface area contributed by atoms with E-state index in [9.17, 15) is 4.79 Å². The van der Waals surface area contributed by atoms with Crippen molar-refractivity contribution in [3.8, 4) is 22.7 Å². The van der Waals surface area contributed by atoms with E-state index >= 15 is 0 Å². The van der Waals surface area contributed by atoms with Crippen LogP contribution in [-0.4, -0.2) is 50.8 Å². The van der Waals surface area contributed by atoms with Crippen molar-refractivity contribution < 1.29 is 14.3 Å². The van der Waals surface area contributed by atoms with Crippen LogP contribution < -0.4 is 4.74 Å². The molecule has 1 aromatic heterocycles. The molecule has 2 aromatic carbocycles. The van der Waals surface area contributed by atoms with Gasteiger partial charge in [0, 0.05) is 23.9 Å². The third kappa shape index (κ3) is 5.16. The van der Waals surface area contributed by atoms with Crippen LogP contribution in [0.1, 0.15) is 24.0 Å². The number of benzene rings is 2. The number of carbonyl (C=O) groups excluding carboxylic acids is 1. The van der Waals surface area contributed by atoms with Gasteiger partial charge >= 0.3 is 0 Å². The Kier molecular flexibility index (Phi) is 7.36. The van der Waals surface area contributed by atoms with Crippen molar-refractivity contribution in [3.63, 3.8) is 0 Å². The monoisotopic (exact) mass is 517 g/mol. The number of nitrogens with zero attached hydrogens (tertiary/aromatic N) is 3. The maximum atomic E-state index is 13.3. The van der Waals surface area contributed by atoms with Crippen molar-refractivity contribution >= 4 is 40.3 Å². The number of aromatic nitrogens is 2. The number of aryl methyl sites for hydroxylation is 1. The molecule has 3 heterocycles. The molecule has 184 valence electrons. The third-order valence-corrected chi connectivity index (χ3v) is 7.52. The van der Waals surface area contributed by atoms with Crippen LogP contribution in [0.25, 0.3) is 23.0 Å². The minimum atomic E-state index is -0.0803. The highest BCUT2D eigenvalue weighted by Gasteiger charge is 2.35. The largest absolute Gasteiger partial charge is 0.489 e. The van der Waals surface area contributed by atoms with Gasteiger partial charge in [-0.05, 0) is 61.7 Å². The van der Waals surface area contributed by atoms with Gasteiger partial charge in [0.1, 0.15) is 22.4 Å². The van der Waals surface area contributed by atoms with Crippen LogP contribution in [0.3, 0.4) is 0 Å². The van der Waals surface area contributed by atoms with Crippen molar-refractivity contribution in [2.24, 2.45) is 0 Å². The fourth-order valence-electron chi connectivity index (χ4n) is 4.33. The molecule has 1 amide bonds. The number of para-hydroxylation sites is 1. The molecule has 6 nitrogen and oxygen atoms in total. The summed E-state index contributed by atoms with van der Waals surface area (Å²) in [5, 5.41) is 4.90. The summed E-state index contributed by atoms with van der Waals surface area (Å²) in [7, 11) is 0. The molecule has 2 aliphatic rings. The molecule has 5 rings (SSSR count). The van der Waals surface area contributed by atoms with Gasteiger partial charge < -0.3 is 9.47 Å². The zero-order valence-electron chi connectivity index (χ0n) is 20.1. The van der Waals surface area contributed by atoms with E-state index in [0.29, 0.717) is 22.4 Å². The first-order chi connectivity index (χ1) is 17.5. The zero-order valence-corrected chi connectivity index (χ0v) is 21.7. The number of thioether (sulfide) groups is 1. The van der Waals surface area contributed by atoms with E-state index in [1.165, 1.54) is 11.8 Å². The number of hydrogen-bond acceptors (Lipinski definition) is 6. The molecule has 0 radical (unpaired) electrons. The Balaban J connectivity index is 1.51. The lowest BCUT2D eigenvalue weighted by atomic mass is 10.0. The van der Waals surface area contributed by atoms with Crippen molar-refractivity contribution in [2.45, 2.75) is 25.9 Å². The molecule has 0 N–H and O–H groups in total. The summed E-state index contributed by atoms with van der Waals surface area (Å²) in [5.74, 6) is 0.723.